The summed E-state index contributed by atoms with van der Waals surface area (Å²) in [7, 11) is 1.50. The van der Waals surface area contributed by atoms with Crippen LogP contribution in [0.15, 0.2) is 102 Å². The highest BCUT2D eigenvalue weighted by molar-refractivity contribution is 5.71. The van der Waals surface area contributed by atoms with Crippen LogP contribution in [0.5, 0.6) is 0 Å². The van der Waals surface area contributed by atoms with Crippen molar-refractivity contribution in [1.29, 1.82) is 10.5 Å². The van der Waals surface area contributed by atoms with Crippen molar-refractivity contribution in [2.75, 3.05) is 19.4 Å². The Kier molecular flexibility index (Phi) is 20.0. The van der Waals surface area contributed by atoms with E-state index in [1.807, 2.05) is 84.9 Å². The molecule has 0 aliphatic rings. The molecule has 0 amide bonds. The highest BCUT2D eigenvalue weighted by Crippen LogP contribution is 2.24. The summed E-state index contributed by atoms with van der Waals surface area (Å²) >= 11 is 0. The number of aldehydes is 1. The van der Waals surface area contributed by atoms with Crippen LogP contribution in [0.4, 0.5) is 5.88 Å². The number of nitrogens with two attached hydrogens (primary N) is 2. The summed E-state index contributed by atoms with van der Waals surface area (Å²) in [5.74, 6) is -0.252. The molecule has 9 nitrogen and oxygen atoms in total. The molecule has 0 spiro atoms. The fraction of sp³-hybridized carbons (Fsp3) is 0.167. The molecule has 3 aromatic carbocycles. The molecule has 39 heavy (non-hydrogen) atoms. The predicted octanol–water partition coefficient (Wildman–Crippen LogP) is 4.92. The molecule has 0 aliphatic heterocycles. The maximum absolute atomic E-state index is 10.3. The van der Waals surface area contributed by atoms with E-state index >= 15 is 0 Å². The Balaban J connectivity index is 0.000000501. The molecule has 1 atom stereocenters. The van der Waals surface area contributed by atoms with Crippen molar-refractivity contribution < 1.29 is 18.8 Å². The van der Waals surface area contributed by atoms with E-state index in [9.17, 15) is 9.59 Å². The molecule has 0 saturated heterocycles. The van der Waals surface area contributed by atoms with E-state index in [0.717, 1.165) is 22.3 Å². The fourth-order valence-corrected chi connectivity index (χ4v) is 2.68. The quantitative estimate of drug-likeness (QED) is 0.330. The Morgan fingerprint density at radius 3 is 1.85 bits per heavy atom. The van der Waals surface area contributed by atoms with Gasteiger partial charge >= 0.3 is 0 Å². The van der Waals surface area contributed by atoms with Gasteiger partial charge in [-0.15, -0.1) is 0 Å². The van der Waals surface area contributed by atoms with Crippen molar-refractivity contribution in [2.45, 2.75) is 19.3 Å². The first-order valence-electron chi connectivity index (χ1n) is 11.8. The van der Waals surface area contributed by atoms with Crippen molar-refractivity contribution in [2.24, 2.45) is 5.73 Å². The molecule has 4 rings (SSSR count). The van der Waals surface area contributed by atoms with Gasteiger partial charge in [0.15, 0.2) is 0 Å². The molecular weight excluding hydrogens is 494 g/mol. The van der Waals surface area contributed by atoms with Crippen LogP contribution < -0.4 is 11.5 Å². The SMILES string of the molecule is CCOC=O.CN.N#CC(C=O)c1ccccc1.N#CCc1ccccc1.Nc1oncc1-c1ccccc1. The second-order valence-corrected chi connectivity index (χ2v) is 7.00. The third-order valence-electron chi connectivity index (χ3n) is 4.48. The number of hydrogen-bond acceptors (Lipinski definition) is 9. The Labute approximate surface area is 229 Å². The second-order valence-electron chi connectivity index (χ2n) is 7.00. The minimum absolute atomic E-state index is 0.362. The Bertz CT molecular complexity index is 1240. The Hall–Kier alpha value is -5.25. The van der Waals surface area contributed by atoms with Crippen molar-refractivity contribution in [3.63, 3.8) is 0 Å². The molecule has 4 N–H and O–H groups in total. The molecule has 1 unspecified atom stereocenters. The van der Waals surface area contributed by atoms with Crippen molar-refractivity contribution in [3.8, 4) is 23.3 Å². The minimum Gasteiger partial charge on any atom is -0.468 e. The summed E-state index contributed by atoms with van der Waals surface area (Å²) in [6.07, 6.45) is 2.78. The first kappa shape index (κ1) is 33.8. The summed E-state index contributed by atoms with van der Waals surface area (Å²) < 4.78 is 8.90. The van der Waals surface area contributed by atoms with E-state index in [4.69, 9.17) is 20.8 Å². The van der Waals surface area contributed by atoms with Gasteiger partial charge in [-0.25, -0.2) is 0 Å². The molecule has 202 valence electrons. The average molecular weight is 528 g/mol. The van der Waals surface area contributed by atoms with Crippen LogP contribution in [-0.2, 0) is 20.7 Å². The lowest BCUT2D eigenvalue weighted by Crippen LogP contribution is -1.95. The standard InChI is InChI=1S/C9H8N2O.C9H7NO.C8H7N.C3H6O2.CH5N/c10-9-8(6-11-12-9)7-4-2-1-3-5-7;10-6-9(7-11)8-4-2-1-3-5-8;9-7-6-8-4-2-1-3-5-8;1-2-5-3-4;1-2/h1-6H,10H2;1-5,7,9H;1-5H,6H2;3H,2H2,1H3;2H2,1H3. The van der Waals surface area contributed by atoms with Crippen molar-refractivity contribution in [1.82, 2.24) is 5.16 Å². The normalized spacial score (nSPS) is 9.26. The number of nitrogen functional groups attached to an aromatic ring is 1. The van der Waals surface area contributed by atoms with Crippen LogP contribution in [0, 0.1) is 22.7 Å². The maximum Gasteiger partial charge on any atom is 0.293 e. The Morgan fingerprint density at radius 2 is 1.46 bits per heavy atom. The number of rotatable bonds is 6. The highest BCUT2D eigenvalue weighted by Gasteiger charge is 2.06. The summed E-state index contributed by atoms with van der Waals surface area (Å²) in [5.41, 5.74) is 13.7. The number of benzene rings is 3. The number of nitriles is 2. The zero-order valence-electron chi connectivity index (χ0n) is 22.0. The smallest absolute Gasteiger partial charge is 0.293 e. The number of anilines is 1. The summed E-state index contributed by atoms with van der Waals surface area (Å²) in [4.78, 5) is 19.5. The van der Waals surface area contributed by atoms with E-state index in [0.29, 0.717) is 31.7 Å². The molecule has 0 saturated carbocycles. The van der Waals surface area contributed by atoms with Crippen molar-refractivity contribution in [3.05, 3.63) is 108 Å². The molecule has 0 aliphatic carbocycles. The van der Waals surface area contributed by atoms with Gasteiger partial charge in [0.1, 0.15) is 12.2 Å². The zero-order valence-corrected chi connectivity index (χ0v) is 22.0. The van der Waals surface area contributed by atoms with E-state index in [1.165, 1.54) is 7.05 Å². The lowest BCUT2D eigenvalue weighted by Gasteiger charge is -1.98. The van der Waals surface area contributed by atoms with E-state index in [2.05, 4.69) is 21.7 Å². The molecule has 0 radical (unpaired) electrons. The van der Waals surface area contributed by atoms with Gasteiger partial charge in [-0.1, -0.05) is 96.2 Å². The predicted molar refractivity (Wildman–Crippen MR) is 151 cm³/mol. The van der Waals surface area contributed by atoms with Gasteiger partial charge in [-0.3, -0.25) is 4.79 Å². The second kappa shape index (κ2) is 23.2. The van der Waals surface area contributed by atoms with E-state index in [1.54, 1.807) is 25.3 Å². The number of hydrogen-bond donors (Lipinski definition) is 2. The van der Waals surface area contributed by atoms with E-state index < -0.39 is 5.92 Å². The number of nitrogens with zero attached hydrogens (tertiary/aromatic N) is 3. The van der Waals surface area contributed by atoms with Gasteiger partial charge in [-0.2, -0.15) is 10.5 Å². The minimum atomic E-state index is -0.615. The summed E-state index contributed by atoms with van der Waals surface area (Å²) in [6, 6.07) is 32.5. The maximum atomic E-state index is 10.3. The van der Waals surface area contributed by atoms with E-state index in [-0.39, 0.29) is 0 Å². The third-order valence-corrected chi connectivity index (χ3v) is 4.48. The number of aromatic nitrogens is 1. The highest BCUT2D eigenvalue weighted by atomic mass is 16.5. The van der Waals surface area contributed by atoms with Gasteiger partial charge < -0.3 is 25.5 Å². The van der Waals surface area contributed by atoms with Crippen LogP contribution in [0.3, 0.4) is 0 Å². The van der Waals surface area contributed by atoms with Crippen LogP contribution in [-0.4, -0.2) is 31.6 Å². The summed E-state index contributed by atoms with van der Waals surface area (Å²) in [5, 5.41) is 20.4. The first-order valence-corrected chi connectivity index (χ1v) is 11.8. The number of ether oxygens (including phenoxy) is 1. The molecular formula is C30H33N5O4. The van der Waals surface area contributed by atoms with Crippen LogP contribution in [0.25, 0.3) is 11.1 Å². The Morgan fingerprint density at radius 1 is 0.923 bits per heavy atom. The number of carbonyl (C=O) groups excluding carboxylic acids is 2. The molecule has 0 bridgehead atoms. The van der Waals surface area contributed by atoms with Gasteiger partial charge in [0, 0.05) is 0 Å². The van der Waals surface area contributed by atoms with Gasteiger partial charge in [0.05, 0.1) is 36.9 Å². The lowest BCUT2D eigenvalue weighted by atomic mass is 10.0. The number of carbonyl (C=O) groups is 2. The van der Waals surface area contributed by atoms with Crippen LogP contribution in [0.1, 0.15) is 24.0 Å². The van der Waals surface area contributed by atoms with Crippen molar-refractivity contribution >= 4 is 18.6 Å². The van der Waals surface area contributed by atoms with Gasteiger partial charge in [-0.05, 0) is 30.7 Å². The third kappa shape index (κ3) is 14.8. The largest absolute Gasteiger partial charge is 0.468 e. The van der Waals surface area contributed by atoms with Crippen LogP contribution in [0.2, 0.25) is 0 Å². The summed E-state index contributed by atoms with van der Waals surface area (Å²) in [6.45, 7) is 2.66. The first-order chi connectivity index (χ1) is 19.1. The molecule has 0 fully saturated rings. The average Bonchev–Trinajstić information content (AvgIpc) is 3.44. The molecule has 9 heteroatoms. The molecule has 4 aromatic rings. The zero-order chi connectivity index (χ0) is 29.1. The lowest BCUT2D eigenvalue weighted by molar-refractivity contribution is -0.128. The van der Waals surface area contributed by atoms with Gasteiger partial charge in [0.25, 0.3) is 6.47 Å². The monoisotopic (exact) mass is 527 g/mol. The molecule has 1 aromatic heterocycles. The molecule has 1 heterocycles. The van der Waals surface area contributed by atoms with Gasteiger partial charge in [0.2, 0.25) is 5.88 Å². The topological polar surface area (TPSA) is 169 Å². The van der Waals surface area contributed by atoms with Crippen LogP contribution >= 0.6 is 0 Å². The fourth-order valence-electron chi connectivity index (χ4n) is 2.68.